The third kappa shape index (κ3) is 5.28. The first-order valence-electron chi connectivity index (χ1n) is 11.1. The lowest BCUT2D eigenvalue weighted by Gasteiger charge is -2.39. The number of rotatable bonds is 6. The molecule has 0 spiro atoms. The molecule has 1 aliphatic heterocycles. The number of carbonyl (C=O) groups excluding carboxylic acids is 1. The van der Waals surface area contributed by atoms with Gasteiger partial charge in [-0.2, -0.15) is 5.26 Å². The molecule has 2 aromatic carbocycles. The average Bonchev–Trinajstić information content (AvgIpc) is 2.87. The van der Waals surface area contributed by atoms with Crippen LogP contribution < -0.4 is 5.32 Å². The quantitative estimate of drug-likeness (QED) is 0.463. The number of aromatic nitrogens is 1. The van der Waals surface area contributed by atoms with Crippen molar-refractivity contribution in [2.75, 3.05) is 31.5 Å². The Morgan fingerprint density at radius 1 is 0.970 bits per heavy atom. The van der Waals surface area contributed by atoms with Crippen LogP contribution in [0, 0.1) is 18.3 Å². The number of anilines is 1. The van der Waals surface area contributed by atoms with E-state index in [4.69, 9.17) is 0 Å². The van der Waals surface area contributed by atoms with Crippen molar-refractivity contribution in [2.45, 2.75) is 13.0 Å². The van der Waals surface area contributed by atoms with Gasteiger partial charge in [-0.15, -0.1) is 0 Å². The molecule has 33 heavy (non-hydrogen) atoms. The van der Waals surface area contributed by atoms with E-state index < -0.39 is 0 Å². The molecule has 0 radical (unpaired) electrons. The average molecular weight is 438 g/mol. The summed E-state index contributed by atoms with van der Waals surface area (Å²) in [5.74, 6) is 0.380. The highest BCUT2D eigenvalue weighted by atomic mass is 16.2. The highest BCUT2D eigenvalue weighted by Crippen LogP contribution is 2.29. The highest BCUT2D eigenvalue weighted by Gasteiger charge is 2.29. The lowest BCUT2D eigenvalue weighted by molar-refractivity contribution is -0.128. The number of nitrogens with zero attached hydrogens (tertiary/aromatic N) is 4. The molecule has 6 nitrogen and oxygen atoms in total. The Balaban J connectivity index is 1.45. The number of hydrogen-bond acceptors (Lipinski definition) is 5. The summed E-state index contributed by atoms with van der Waals surface area (Å²) in [6.07, 6.45) is 3.13. The minimum absolute atomic E-state index is 0.0798. The third-order valence-electron chi connectivity index (χ3n) is 5.91. The van der Waals surface area contributed by atoms with Crippen LogP contribution in [-0.4, -0.2) is 46.9 Å². The Morgan fingerprint density at radius 2 is 1.58 bits per heavy atom. The van der Waals surface area contributed by atoms with E-state index in [2.05, 4.69) is 63.7 Å². The lowest BCUT2D eigenvalue weighted by atomic mass is 9.96. The van der Waals surface area contributed by atoms with Gasteiger partial charge in [0.2, 0.25) is 0 Å². The normalized spacial score (nSPS) is 14.7. The predicted molar refractivity (Wildman–Crippen MR) is 129 cm³/mol. The minimum Gasteiger partial charge on any atom is -0.345 e. The van der Waals surface area contributed by atoms with Crippen molar-refractivity contribution in [1.29, 1.82) is 5.26 Å². The zero-order valence-electron chi connectivity index (χ0n) is 18.7. The van der Waals surface area contributed by atoms with Crippen LogP contribution in [0.25, 0.3) is 0 Å². The number of amides is 1. The van der Waals surface area contributed by atoms with Crippen LogP contribution in [0.4, 0.5) is 5.82 Å². The first-order chi connectivity index (χ1) is 16.2. The Bertz CT molecular complexity index is 1110. The van der Waals surface area contributed by atoms with Crippen LogP contribution in [0.1, 0.15) is 22.7 Å². The van der Waals surface area contributed by atoms with Crippen LogP contribution in [0.2, 0.25) is 0 Å². The van der Waals surface area contributed by atoms with Crippen LogP contribution in [0.3, 0.4) is 0 Å². The molecule has 2 heterocycles. The molecular weight excluding hydrogens is 410 g/mol. The number of piperazine rings is 1. The molecule has 6 heteroatoms. The predicted octanol–water partition coefficient (Wildman–Crippen LogP) is 4.14. The van der Waals surface area contributed by atoms with Crippen LogP contribution in [0.5, 0.6) is 0 Å². The fourth-order valence-electron chi connectivity index (χ4n) is 4.16. The maximum absolute atomic E-state index is 13.0. The second kappa shape index (κ2) is 10.6. The fourth-order valence-corrected chi connectivity index (χ4v) is 4.16. The number of nitrogens with one attached hydrogen (secondary N) is 1. The molecule has 4 rings (SSSR count). The summed E-state index contributed by atoms with van der Waals surface area (Å²) in [6.45, 7) is 4.51. The van der Waals surface area contributed by atoms with E-state index in [-0.39, 0.29) is 17.5 Å². The summed E-state index contributed by atoms with van der Waals surface area (Å²) in [5, 5.41) is 12.6. The first-order valence-corrected chi connectivity index (χ1v) is 11.1. The van der Waals surface area contributed by atoms with E-state index in [0.717, 1.165) is 18.7 Å². The van der Waals surface area contributed by atoms with Crippen molar-refractivity contribution >= 4 is 11.7 Å². The second-order valence-corrected chi connectivity index (χ2v) is 8.04. The highest BCUT2D eigenvalue weighted by molar-refractivity contribution is 5.97. The summed E-state index contributed by atoms with van der Waals surface area (Å²) < 4.78 is 0. The molecule has 0 saturated carbocycles. The maximum Gasteiger partial charge on any atom is 0.266 e. The third-order valence-corrected chi connectivity index (χ3v) is 5.91. The van der Waals surface area contributed by atoms with Crippen LogP contribution >= 0.6 is 0 Å². The summed E-state index contributed by atoms with van der Waals surface area (Å²) in [4.78, 5) is 21.4. The zero-order chi connectivity index (χ0) is 23.0. The van der Waals surface area contributed by atoms with E-state index in [1.807, 2.05) is 37.3 Å². The topological polar surface area (TPSA) is 72.3 Å². The lowest BCUT2D eigenvalue weighted by Crippen LogP contribution is -2.50. The number of carbonyl (C=O) groups is 1. The van der Waals surface area contributed by atoms with E-state index in [0.29, 0.717) is 18.9 Å². The molecule has 166 valence electrons. The molecule has 0 bridgehead atoms. The van der Waals surface area contributed by atoms with E-state index in [1.165, 1.54) is 17.3 Å². The van der Waals surface area contributed by atoms with Crippen LogP contribution in [-0.2, 0) is 4.79 Å². The smallest absolute Gasteiger partial charge is 0.266 e. The molecule has 1 amide bonds. The molecule has 3 aromatic rings. The van der Waals surface area contributed by atoms with Crippen molar-refractivity contribution in [3.05, 3.63) is 107 Å². The molecule has 1 fully saturated rings. The van der Waals surface area contributed by atoms with Gasteiger partial charge >= 0.3 is 0 Å². The Morgan fingerprint density at radius 3 is 2.12 bits per heavy atom. The van der Waals surface area contributed by atoms with Gasteiger partial charge in [0.05, 0.1) is 6.04 Å². The van der Waals surface area contributed by atoms with Gasteiger partial charge in [0.25, 0.3) is 5.91 Å². The molecule has 1 saturated heterocycles. The first kappa shape index (κ1) is 22.3. The minimum atomic E-state index is -0.255. The number of benzene rings is 2. The molecule has 0 aliphatic carbocycles. The summed E-state index contributed by atoms with van der Waals surface area (Å²) >= 11 is 0. The van der Waals surface area contributed by atoms with E-state index >= 15 is 0 Å². The molecule has 0 unspecified atom stereocenters. The van der Waals surface area contributed by atoms with Crippen molar-refractivity contribution in [2.24, 2.45) is 0 Å². The van der Waals surface area contributed by atoms with Gasteiger partial charge in [-0.05, 0) is 29.7 Å². The fraction of sp³-hybridized carbons (Fsp3) is 0.222. The number of hydrogen-bond donors (Lipinski definition) is 1. The summed E-state index contributed by atoms with van der Waals surface area (Å²) in [6, 6.07) is 26.8. The van der Waals surface area contributed by atoms with Crippen molar-refractivity contribution in [3.8, 4) is 6.07 Å². The van der Waals surface area contributed by atoms with Gasteiger partial charge < -0.3 is 10.2 Å². The van der Waals surface area contributed by atoms with E-state index in [9.17, 15) is 10.1 Å². The van der Waals surface area contributed by atoms with Gasteiger partial charge in [-0.1, -0.05) is 66.7 Å². The molecule has 1 aliphatic rings. The van der Waals surface area contributed by atoms with E-state index in [1.54, 1.807) is 11.1 Å². The Labute approximate surface area is 194 Å². The molecule has 1 N–H and O–H groups in total. The Kier molecular flexibility index (Phi) is 7.13. The largest absolute Gasteiger partial charge is 0.345 e. The monoisotopic (exact) mass is 437 g/mol. The summed E-state index contributed by atoms with van der Waals surface area (Å²) in [5.41, 5.74) is 3.49. The van der Waals surface area contributed by atoms with Gasteiger partial charge in [-0.25, -0.2) is 4.98 Å². The van der Waals surface area contributed by atoms with Crippen LogP contribution in [0.15, 0.2) is 90.8 Å². The number of pyridine rings is 1. The van der Waals surface area contributed by atoms with Crippen molar-refractivity contribution in [1.82, 2.24) is 14.8 Å². The molecule has 1 aromatic heterocycles. The Hall–Kier alpha value is -3.95. The molecule has 0 atom stereocenters. The SMILES string of the molecule is Cc1cccnc1N/C=C(/C#N)C(=O)N1CCN(C(c2ccccc2)c2ccccc2)CC1. The second-order valence-electron chi connectivity index (χ2n) is 8.04. The zero-order valence-corrected chi connectivity index (χ0v) is 18.7. The van der Waals surface area contributed by atoms with Crippen molar-refractivity contribution in [3.63, 3.8) is 0 Å². The standard InChI is InChI=1S/C27H27N5O/c1-21-9-8-14-29-26(21)30-20-24(19-28)27(33)32-17-15-31(16-18-32)25(22-10-4-2-5-11-22)23-12-6-3-7-13-23/h2-14,20,25H,15-18H2,1H3,(H,29,30)/b24-20-. The number of nitriles is 1. The van der Waals surface area contributed by atoms with Gasteiger partial charge in [0.1, 0.15) is 17.5 Å². The van der Waals surface area contributed by atoms with Crippen molar-refractivity contribution < 1.29 is 4.79 Å². The molecular formula is C27H27N5O. The van der Waals surface area contributed by atoms with Gasteiger partial charge in [0, 0.05) is 38.6 Å². The number of aryl methyl sites for hydroxylation is 1. The van der Waals surface area contributed by atoms with Gasteiger partial charge in [-0.3, -0.25) is 9.69 Å². The maximum atomic E-state index is 13.0. The van der Waals surface area contributed by atoms with Gasteiger partial charge in [0.15, 0.2) is 0 Å². The summed E-state index contributed by atoms with van der Waals surface area (Å²) in [7, 11) is 0.